The van der Waals surface area contributed by atoms with Gasteiger partial charge in [0.15, 0.2) is 5.65 Å². The zero-order valence-corrected chi connectivity index (χ0v) is 14.4. The Balaban J connectivity index is 1.19. The number of aromatic nitrogens is 4. The Morgan fingerprint density at radius 2 is 1.96 bits per heavy atom. The number of nitrogens with zero attached hydrogens (tertiary/aromatic N) is 5. The summed E-state index contributed by atoms with van der Waals surface area (Å²) in [7, 11) is 0. The fourth-order valence-electron chi connectivity index (χ4n) is 3.67. The van der Waals surface area contributed by atoms with Crippen LogP contribution in [0.4, 0.5) is 10.6 Å². The zero-order valence-electron chi connectivity index (χ0n) is 14.4. The van der Waals surface area contributed by atoms with E-state index in [0.717, 1.165) is 37.4 Å². The Kier molecular flexibility index (Phi) is 4.67. The fourth-order valence-corrected chi connectivity index (χ4v) is 3.67. The lowest BCUT2D eigenvalue weighted by molar-refractivity contribution is 0.232. The molecule has 8 nitrogen and oxygen atoms in total. The van der Waals surface area contributed by atoms with Gasteiger partial charge in [-0.15, -0.1) is 15.3 Å². The van der Waals surface area contributed by atoms with Gasteiger partial charge >= 0.3 is 6.03 Å². The van der Waals surface area contributed by atoms with Crippen molar-refractivity contribution in [2.45, 2.75) is 44.6 Å². The van der Waals surface area contributed by atoms with Crippen LogP contribution < -0.4 is 15.5 Å². The van der Waals surface area contributed by atoms with Crippen LogP contribution in [0.15, 0.2) is 18.5 Å². The average Bonchev–Trinajstić information content (AvgIpc) is 2.89. The molecule has 1 saturated carbocycles. The van der Waals surface area contributed by atoms with Crippen molar-refractivity contribution < 1.29 is 4.79 Å². The molecule has 25 heavy (non-hydrogen) atoms. The molecule has 2 fully saturated rings. The first-order valence-corrected chi connectivity index (χ1v) is 9.24. The molecule has 1 aliphatic carbocycles. The van der Waals surface area contributed by atoms with Crippen LogP contribution in [0.5, 0.6) is 0 Å². The first-order valence-electron chi connectivity index (χ1n) is 9.24. The van der Waals surface area contributed by atoms with Gasteiger partial charge in [-0.2, -0.15) is 4.52 Å². The number of hydrogen-bond donors (Lipinski definition) is 2. The van der Waals surface area contributed by atoms with Crippen molar-refractivity contribution >= 4 is 17.5 Å². The maximum Gasteiger partial charge on any atom is 0.315 e. The molecular weight excluding hydrogens is 318 g/mol. The maximum atomic E-state index is 12.1. The summed E-state index contributed by atoms with van der Waals surface area (Å²) in [5, 5.41) is 18.4. The highest BCUT2D eigenvalue weighted by Gasteiger charge is 2.28. The Hall–Kier alpha value is -2.38. The number of urea groups is 1. The highest BCUT2D eigenvalue weighted by atomic mass is 16.2. The van der Waals surface area contributed by atoms with Crippen molar-refractivity contribution in [3.8, 4) is 0 Å². The summed E-state index contributed by atoms with van der Waals surface area (Å²) >= 11 is 0. The monoisotopic (exact) mass is 343 g/mol. The molecule has 0 aromatic carbocycles. The first kappa shape index (κ1) is 16.1. The molecule has 0 spiro atoms. The van der Waals surface area contributed by atoms with Gasteiger partial charge in [-0.05, 0) is 25.0 Å². The molecule has 1 aliphatic heterocycles. The van der Waals surface area contributed by atoms with Gasteiger partial charge in [0, 0.05) is 31.6 Å². The molecule has 4 rings (SSSR count). The third kappa shape index (κ3) is 3.83. The third-order valence-corrected chi connectivity index (χ3v) is 5.17. The predicted molar refractivity (Wildman–Crippen MR) is 94.5 cm³/mol. The quantitative estimate of drug-likeness (QED) is 0.823. The molecule has 2 aliphatic rings. The van der Waals surface area contributed by atoms with Crippen LogP contribution >= 0.6 is 0 Å². The van der Waals surface area contributed by atoms with Crippen LogP contribution in [-0.4, -0.2) is 51.5 Å². The number of anilines is 1. The second-order valence-electron chi connectivity index (χ2n) is 7.14. The summed E-state index contributed by atoms with van der Waals surface area (Å²) in [5.74, 6) is 1.39. The molecule has 2 N–H and O–H groups in total. The van der Waals surface area contributed by atoms with E-state index >= 15 is 0 Å². The summed E-state index contributed by atoms with van der Waals surface area (Å²) in [5.41, 5.74) is 0.748. The summed E-state index contributed by atoms with van der Waals surface area (Å²) in [6.07, 6.45) is 8.89. The van der Waals surface area contributed by atoms with Crippen molar-refractivity contribution in [1.29, 1.82) is 0 Å². The lowest BCUT2D eigenvalue weighted by Crippen LogP contribution is -2.53. The number of nitrogens with one attached hydrogen (secondary N) is 2. The van der Waals surface area contributed by atoms with Crippen LogP contribution in [0.25, 0.3) is 5.65 Å². The van der Waals surface area contributed by atoms with E-state index in [1.165, 1.54) is 25.7 Å². The maximum absolute atomic E-state index is 12.1. The molecular formula is C17H25N7O. The molecule has 3 heterocycles. The minimum Gasteiger partial charge on any atom is -0.354 e. The van der Waals surface area contributed by atoms with Crippen molar-refractivity contribution in [2.75, 3.05) is 24.5 Å². The molecule has 0 atom stereocenters. The van der Waals surface area contributed by atoms with Gasteiger partial charge in [-0.3, -0.25) is 0 Å². The van der Waals surface area contributed by atoms with Crippen LogP contribution in [0.2, 0.25) is 0 Å². The van der Waals surface area contributed by atoms with E-state index in [1.54, 1.807) is 10.8 Å². The van der Waals surface area contributed by atoms with E-state index in [-0.39, 0.29) is 6.03 Å². The molecule has 8 heteroatoms. The smallest absolute Gasteiger partial charge is 0.315 e. The lowest BCUT2D eigenvalue weighted by Gasteiger charge is -2.40. The third-order valence-electron chi connectivity index (χ3n) is 5.17. The summed E-state index contributed by atoms with van der Waals surface area (Å²) < 4.78 is 1.68. The minimum atomic E-state index is -0.0191. The average molecular weight is 343 g/mol. The zero-order chi connectivity index (χ0) is 17.1. The van der Waals surface area contributed by atoms with Crippen LogP contribution in [-0.2, 0) is 0 Å². The van der Waals surface area contributed by atoms with Gasteiger partial charge in [0.2, 0.25) is 0 Å². The highest BCUT2D eigenvalue weighted by molar-refractivity contribution is 5.74. The topological polar surface area (TPSA) is 87.5 Å². The summed E-state index contributed by atoms with van der Waals surface area (Å²) in [6, 6.07) is 4.21. The van der Waals surface area contributed by atoms with Crippen LogP contribution in [0, 0.1) is 5.92 Å². The van der Waals surface area contributed by atoms with Gasteiger partial charge in [0.25, 0.3) is 0 Å². The van der Waals surface area contributed by atoms with E-state index in [2.05, 4.69) is 30.8 Å². The van der Waals surface area contributed by atoms with Gasteiger partial charge < -0.3 is 15.5 Å². The first-order chi connectivity index (χ1) is 12.3. The largest absolute Gasteiger partial charge is 0.354 e. The number of amides is 2. The Bertz CT molecular complexity index is 717. The standard InChI is InChI=1S/C17H25N7O/c25-17(20-14-5-3-1-2-4-6-14)18-9-13-10-23(11-13)16-8-7-15-21-19-12-24(15)22-16/h7-8,12-14H,1-6,9-11H2,(H2,18,20,25). The fraction of sp³-hybridized carbons (Fsp3) is 0.647. The lowest BCUT2D eigenvalue weighted by atomic mass is 10.0. The van der Waals surface area contributed by atoms with E-state index in [0.29, 0.717) is 18.5 Å². The number of hydrogen-bond acceptors (Lipinski definition) is 5. The Morgan fingerprint density at radius 1 is 1.16 bits per heavy atom. The van der Waals surface area contributed by atoms with Crippen LogP contribution in [0.3, 0.4) is 0 Å². The van der Waals surface area contributed by atoms with Gasteiger partial charge in [0.05, 0.1) is 0 Å². The normalized spacial score (nSPS) is 19.4. The minimum absolute atomic E-state index is 0.0191. The molecule has 134 valence electrons. The Labute approximate surface area is 147 Å². The number of carbonyl (C=O) groups excluding carboxylic acids is 1. The SMILES string of the molecule is O=C(NCC1CN(c2ccc3nncn3n2)C1)NC1CCCCCC1. The molecule has 2 aromatic rings. The summed E-state index contributed by atoms with van der Waals surface area (Å²) in [6.45, 7) is 2.53. The molecule has 0 radical (unpaired) electrons. The molecule has 1 saturated heterocycles. The summed E-state index contributed by atoms with van der Waals surface area (Å²) in [4.78, 5) is 14.3. The van der Waals surface area contributed by atoms with Gasteiger partial charge in [0.1, 0.15) is 12.1 Å². The number of carbonyl (C=O) groups is 1. The van der Waals surface area contributed by atoms with Crippen molar-refractivity contribution in [3.63, 3.8) is 0 Å². The van der Waals surface area contributed by atoms with Crippen molar-refractivity contribution in [1.82, 2.24) is 30.4 Å². The predicted octanol–water partition coefficient (Wildman–Crippen LogP) is 1.58. The second kappa shape index (κ2) is 7.25. The van der Waals surface area contributed by atoms with Crippen molar-refractivity contribution in [3.05, 3.63) is 18.5 Å². The van der Waals surface area contributed by atoms with Gasteiger partial charge in [-0.1, -0.05) is 25.7 Å². The van der Waals surface area contributed by atoms with E-state index in [4.69, 9.17) is 0 Å². The van der Waals surface area contributed by atoms with E-state index in [1.807, 2.05) is 12.1 Å². The Morgan fingerprint density at radius 3 is 2.76 bits per heavy atom. The molecule has 0 bridgehead atoms. The van der Waals surface area contributed by atoms with Crippen molar-refractivity contribution in [2.24, 2.45) is 5.92 Å². The van der Waals surface area contributed by atoms with E-state index < -0.39 is 0 Å². The highest BCUT2D eigenvalue weighted by Crippen LogP contribution is 2.22. The molecule has 2 aromatic heterocycles. The molecule has 0 unspecified atom stereocenters. The van der Waals surface area contributed by atoms with Gasteiger partial charge in [-0.25, -0.2) is 4.79 Å². The number of fused-ring (bicyclic) bond motifs is 1. The van der Waals surface area contributed by atoms with E-state index in [9.17, 15) is 4.79 Å². The van der Waals surface area contributed by atoms with Crippen LogP contribution in [0.1, 0.15) is 38.5 Å². The number of rotatable bonds is 4. The molecule has 2 amide bonds. The second-order valence-corrected chi connectivity index (χ2v) is 7.14.